The molecule has 2 heterocycles. The first-order chi connectivity index (χ1) is 15.4. The van der Waals surface area contributed by atoms with Gasteiger partial charge in [-0.3, -0.25) is 4.79 Å². The van der Waals surface area contributed by atoms with Crippen molar-refractivity contribution in [3.8, 4) is 0 Å². The third-order valence-corrected chi connectivity index (χ3v) is 6.81. The van der Waals surface area contributed by atoms with E-state index in [0.29, 0.717) is 12.1 Å². The summed E-state index contributed by atoms with van der Waals surface area (Å²) in [6.45, 7) is 4.47. The lowest BCUT2D eigenvalue weighted by Crippen LogP contribution is -2.32. The number of thiophene rings is 1. The van der Waals surface area contributed by atoms with Gasteiger partial charge in [-0.05, 0) is 55.3 Å². The van der Waals surface area contributed by atoms with E-state index in [1.54, 1.807) is 11.3 Å². The van der Waals surface area contributed by atoms with Gasteiger partial charge in [0.1, 0.15) is 5.82 Å². The summed E-state index contributed by atoms with van der Waals surface area (Å²) in [6, 6.07) is 11.0. The Hall–Kier alpha value is -2.87. The number of hydrogen-bond acceptors (Lipinski definition) is 4. The van der Waals surface area contributed by atoms with Crippen LogP contribution in [0, 0.1) is 0 Å². The monoisotopic (exact) mass is 457 g/mol. The number of nitrogens with one attached hydrogen (secondary N) is 1. The Morgan fingerprint density at radius 2 is 1.88 bits per heavy atom. The van der Waals surface area contributed by atoms with Crippen LogP contribution in [0.1, 0.15) is 79.5 Å². The third kappa shape index (κ3) is 5.88. The number of amides is 1. The van der Waals surface area contributed by atoms with Gasteiger partial charge in [0, 0.05) is 28.9 Å². The van der Waals surface area contributed by atoms with Crippen LogP contribution in [0.5, 0.6) is 0 Å². The highest BCUT2D eigenvalue weighted by Gasteiger charge is 2.21. The molecular formula is C24H31N3O4S. The minimum absolute atomic E-state index is 0.0330. The molecule has 3 aromatic rings. The van der Waals surface area contributed by atoms with Crippen molar-refractivity contribution in [1.29, 1.82) is 0 Å². The van der Waals surface area contributed by atoms with Gasteiger partial charge in [-0.25, -0.2) is 9.78 Å². The number of aromatic nitrogens is 2. The third-order valence-electron chi connectivity index (χ3n) is 5.94. The van der Waals surface area contributed by atoms with Crippen molar-refractivity contribution in [3.05, 3.63) is 52.0 Å². The summed E-state index contributed by atoms with van der Waals surface area (Å²) >= 11 is 1.77. The molecule has 0 bridgehead atoms. The molecule has 0 aliphatic heterocycles. The molecule has 1 aromatic carbocycles. The van der Waals surface area contributed by atoms with E-state index in [0.717, 1.165) is 54.5 Å². The first kappa shape index (κ1) is 23.8. The summed E-state index contributed by atoms with van der Waals surface area (Å²) in [4.78, 5) is 27.5. The number of benzene rings is 1. The molecule has 1 amide bonds. The highest BCUT2D eigenvalue weighted by molar-refractivity contribution is 7.09. The van der Waals surface area contributed by atoms with E-state index >= 15 is 0 Å². The zero-order chi connectivity index (χ0) is 23.1. The summed E-state index contributed by atoms with van der Waals surface area (Å²) in [6.07, 6.45) is 5.79. The quantitative estimate of drug-likeness (QED) is 0.407. The van der Waals surface area contributed by atoms with Crippen molar-refractivity contribution in [3.63, 3.8) is 0 Å². The van der Waals surface area contributed by atoms with Crippen molar-refractivity contribution in [2.45, 2.75) is 70.9 Å². The standard InChI is InChI=1S/C23H29N3OS.CH2O3/c1-3-18(4-2)26-21-12-11-16(23(27)24-17-8-5-6-9-17)14-20(21)25-22(26)15-19-10-7-13-28-19;2-1(3)4/h7,10-14,17-18H,3-6,8-9,15H2,1-2H3,(H,24,27);(H2,2,3,4). The van der Waals surface area contributed by atoms with Crippen molar-refractivity contribution >= 4 is 34.4 Å². The van der Waals surface area contributed by atoms with Crippen molar-refractivity contribution < 1.29 is 19.8 Å². The minimum Gasteiger partial charge on any atom is -0.450 e. The topological polar surface area (TPSA) is 104 Å². The fourth-order valence-corrected chi connectivity index (χ4v) is 5.09. The van der Waals surface area contributed by atoms with Crippen molar-refractivity contribution in [2.75, 3.05) is 0 Å². The van der Waals surface area contributed by atoms with Crippen LogP contribution in [0.25, 0.3) is 11.0 Å². The van der Waals surface area contributed by atoms with E-state index < -0.39 is 6.16 Å². The Kier molecular flexibility index (Phi) is 8.27. The van der Waals surface area contributed by atoms with Gasteiger partial charge in [0.15, 0.2) is 0 Å². The summed E-state index contributed by atoms with van der Waals surface area (Å²) in [7, 11) is 0. The molecule has 3 N–H and O–H groups in total. The molecule has 0 radical (unpaired) electrons. The fourth-order valence-electron chi connectivity index (χ4n) is 4.38. The molecule has 0 atom stereocenters. The first-order valence-corrected chi connectivity index (χ1v) is 12.1. The predicted molar refractivity (Wildman–Crippen MR) is 127 cm³/mol. The Morgan fingerprint density at radius 1 is 1.19 bits per heavy atom. The normalized spacial score (nSPS) is 13.8. The summed E-state index contributed by atoms with van der Waals surface area (Å²) < 4.78 is 2.40. The number of rotatable bonds is 7. The Bertz CT molecular complexity index is 1030. The summed E-state index contributed by atoms with van der Waals surface area (Å²) in [5.74, 6) is 1.13. The number of nitrogens with zero attached hydrogens (tertiary/aromatic N) is 2. The maximum Gasteiger partial charge on any atom is 0.503 e. The lowest BCUT2D eigenvalue weighted by atomic mass is 10.1. The Balaban J connectivity index is 0.000000668. The highest BCUT2D eigenvalue weighted by atomic mass is 32.1. The number of fused-ring (bicyclic) bond motifs is 1. The lowest BCUT2D eigenvalue weighted by Gasteiger charge is -2.19. The Labute approximate surface area is 192 Å². The van der Waals surface area contributed by atoms with Gasteiger partial charge >= 0.3 is 6.16 Å². The van der Waals surface area contributed by atoms with Gasteiger partial charge < -0.3 is 20.1 Å². The highest BCUT2D eigenvalue weighted by Crippen LogP contribution is 2.28. The average molecular weight is 458 g/mol. The molecule has 172 valence electrons. The minimum atomic E-state index is -1.83. The molecule has 0 saturated heterocycles. The van der Waals surface area contributed by atoms with Gasteiger partial charge in [0.05, 0.1) is 11.0 Å². The smallest absolute Gasteiger partial charge is 0.450 e. The van der Waals surface area contributed by atoms with Crippen LogP contribution in [0.2, 0.25) is 0 Å². The second kappa shape index (κ2) is 11.1. The van der Waals surface area contributed by atoms with E-state index in [-0.39, 0.29) is 5.91 Å². The van der Waals surface area contributed by atoms with Crippen LogP contribution in [0.4, 0.5) is 4.79 Å². The van der Waals surface area contributed by atoms with E-state index in [1.165, 1.54) is 17.7 Å². The predicted octanol–water partition coefficient (Wildman–Crippen LogP) is 5.94. The van der Waals surface area contributed by atoms with Crippen LogP contribution in [-0.4, -0.2) is 37.9 Å². The molecule has 1 aliphatic rings. The van der Waals surface area contributed by atoms with Crippen LogP contribution in [0.3, 0.4) is 0 Å². The molecular weight excluding hydrogens is 426 g/mol. The Morgan fingerprint density at radius 3 is 2.47 bits per heavy atom. The summed E-state index contributed by atoms with van der Waals surface area (Å²) in [5, 5.41) is 19.3. The number of carbonyl (C=O) groups excluding carboxylic acids is 1. The van der Waals surface area contributed by atoms with E-state index in [4.69, 9.17) is 20.0 Å². The van der Waals surface area contributed by atoms with Crippen molar-refractivity contribution in [1.82, 2.24) is 14.9 Å². The first-order valence-electron chi connectivity index (χ1n) is 11.2. The average Bonchev–Trinajstić information content (AvgIpc) is 3.51. The maximum atomic E-state index is 12.7. The SMILES string of the molecule is CCC(CC)n1c(Cc2cccs2)nc2cc(C(=O)NC3CCCC3)ccc21.O=C(O)O. The fraction of sp³-hybridized carbons (Fsp3) is 0.458. The largest absolute Gasteiger partial charge is 0.503 e. The molecule has 0 unspecified atom stereocenters. The lowest BCUT2D eigenvalue weighted by molar-refractivity contribution is 0.0937. The molecule has 2 aromatic heterocycles. The molecule has 8 heteroatoms. The number of hydrogen-bond donors (Lipinski definition) is 3. The van der Waals surface area contributed by atoms with Gasteiger partial charge in [0.25, 0.3) is 5.91 Å². The summed E-state index contributed by atoms with van der Waals surface area (Å²) in [5.41, 5.74) is 2.78. The second-order valence-electron chi connectivity index (χ2n) is 8.07. The van der Waals surface area contributed by atoms with Gasteiger partial charge in [-0.1, -0.05) is 32.8 Å². The van der Waals surface area contributed by atoms with E-state index in [1.807, 2.05) is 12.1 Å². The van der Waals surface area contributed by atoms with Gasteiger partial charge in [0.2, 0.25) is 0 Å². The van der Waals surface area contributed by atoms with Crippen molar-refractivity contribution in [2.24, 2.45) is 0 Å². The maximum absolute atomic E-state index is 12.7. The van der Waals surface area contributed by atoms with Gasteiger partial charge in [-0.2, -0.15) is 0 Å². The molecule has 7 nitrogen and oxygen atoms in total. The molecule has 4 rings (SSSR count). The molecule has 0 spiro atoms. The second-order valence-corrected chi connectivity index (χ2v) is 9.10. The molecule has 1 saturated carbocycles. The number of carboxylic acid groups (broad SMARTS) is 2. The van der Waals surface area contributed by atoms with Crippen LogP contribution < -0.4 is 5.32 Å². The van der Waals surface area contributed by atoms with Gasteiger partial charge in [-0.15, -0.1) is 11.3 Å². The molecule has 1 aliphatic carbocycles. The van der Waals surface area contributed by atoms with Crippen LogP contribution >= 0.6 is 11.3 Å². The zero-order valence-electron chi connectivity index (χ0n) is 18.6. The van der Waals surface area contributed by atoms with Crippen LogP contribution in [0.15, 0.2) is 35.7 Å². The van der Waals surface area contributed by atoms with Crippen LogP contribution in [-0.2, 0) is 6.42 Å². The van der Waals surface area contributed by atoms with E-state index in [2.05, 4.69) is 47.3 Å². The number of carbonyl (C=O) groups is 2. The van der Waals surface area contributed by atoms with E-state index in [9.17, 15) is 4.79 Å². The number of imidazole rings is 1. The molecule has 1 fully saturated rings. The zero-order valence-corrected chi connectivity index (χ0v) is 19.4. The molecule has 32 heavy (non-hydrogen) atoms.